The van der Waals surface area contributed by atoms with Gasteiger partial charge >= 0.3 is 0 Å². The number of rotatable bonds is 5. The van der Waals surface area contributed by atoms with Crippen molar-refractivity contribution in [2.24, 2.45) is 13.0 Å². The van der Waals surface area contributed by atoms with Crippen LogP contribution in [0.4, 0.5) is 0 Å². The minimum absolute atomic E-state index is 0.147. The molecule has 1 aliphatic rings. The Bertz CT molecular complexity index is 507. The van der Waals surface area contributed by atoms with E-state index >= 15 is 0 Å². The maximum absolute atomic E-state index is 11.7. The summed E-state index contributed by atoms with van der Waals surface area (Å²) in [6, 6.07) is 0. The highest BCUT2D eigenvalue weighted by Crippen LogP contribution is 2.34. The van der Waals surface area contributed by atoms with Gasteiger partial charge in [0.2, 0.25) is 11.8 Å². The second-order valence-corrected chi connectivity index (χ2v) is 6.30. The monoisotopic (exact) mass is 279 g/mol. The predicted molar refractivity (Wildman–Crippen MR) is 77.8 cm³/mol. The van der Waals surface area contributed by atoms with Crippen LogP contribution in [0.2, 0.25) is 0 Å². The second kappa shape index (κ2) is 5.46. The summed E-state index contributed by atoms with van der Waals surface area (Å²) in [4.78, 5) is 11.7. The third-order valence-corrected chi connectivity index (χ3v) is 4.03. The van der Waals surface area contributed by atoms with Crippen molar-refractivity contribution in [3.63, 3.8) is 0 Å². The zero-order valence-electron chi connectivity index (χ0n) is 13.1. The van der Waals surface area contributed by atoms with Crippen molar-refractivity contribution < 1.29 is 9.53 Å². The molecule has 0 bridgehead atoms. The van der Waals surface area contributed by atoms with E-state index in [2.05, 4.69) is 24.3 Å². The molecule has 2 rings (SSSR count). The minimum atomic E-state index is -0.147. The Kier molecular flexibility index (Phi) is 4.06. The fourth-order valence-electron chi connectivity index (χ4n) is 3.39. The van der Waals surface area contributed by atoms with Gasteiger partial charge in [0.05, 0.1) is 12.8 Å². The molecule has 5 nitrogen and oxygen atoms in total. The van der Waals surface area contributed by atoms with Crippen LogP contribution in [0.1, 0.15) is 44.4 Å². The quantitative estimate of drug-likeness (QED) is 0.896. The van der Waals surface area contributed by atoms with Crippen LogP contribution >= 0.6 is 0 Å². The molecule has 0 spiro atoms. The average Bonchev–Trinajstić information content (AvgIpc) is 2.80. The van der Waals surface area contributed by atoms with Crippen LogP contribution in [0.25, 0.3) is 0 Å². The Hall–Kier alpha value is -1.52. The molecule has 1 N–H and O–H groups in total. The van der Waals surface area contributed by atoms with E-state index in [-0.39, 0.29) is 11.4 Å². The number of carbonyl (C=O) groups is 1. The third-order valence-electron chi connectivity index (χ3n) is 4.03. The Morgan fingerprint density at radius 2 is 2.20 bits per heavy atom. The van der Waals surface area contributed by atoms with Gasteiger partial charge in [0.1, 0.15) is 0 Å². The molecule has 0 saturated carbocycles. The molecular weight excluding hydrogens is 254 g/mol. The fourth-order valence-corrected chi connectivity index (χ4v) is 3.39. The van der Waals surface area contributed by atoms with Crippen molar-refractivity contribution in [3.8, 4) is 5.88 Å². The SMILES string of the molecule is COc1c(CC2(CC(C)C)CCC(=O)N2)c(C)nn1C. The number of aryl methyl sites for hydroxylation is 2. The van der Waals surface area contributed by atoms with Crippen LogP contribution in [0.5, 0.6) is 5.88 Å². The molecule has 1 fully saturated rings. The summed E-state index contributed by atoms with van der Waals surface area (Å²) in [5.74, 6) is 1.49. The van der Waals surface area contributed by atoms with Crippen LogP contribution in [0.3, 0.4) is 0 Å². The highest BCUT2D eigenvalue weighted by molar-refractivity contribution is 5.79. The van der Waals surface area contributed by atoms with Crippen LogP contribution < -0.4 is 10.1 Å². The first kappa shape index (κ1) is 14.9. The van der Waals surface area contributed by atoms with E-state index in [1.54, 1.807) is 11.8 Å². The summed E-state index contributed by atoms with van der Waals surface area (Å²) in [7, 11) is 3.56. The van der Waals surface area contributed by atoms with Crippen molar-refractivity contribution in [1.29, 1.82) is 0 Å². The van der Waals surface area contributed by atoms with Gasteiger partial charge < -0.3 is 10.1 Å². The lowest BCUT2D eigenvalue weighted by molar-refractivity contribution is -0.119. The minimum Gasteiger partial charge on any atom is -0.481 e. The van der Waals surface area contributed by atoms with Gasteiger partial charge in [-0.2, -0.15) is 5.10 Å². The summed E-state index contributed by atoms with van der Waals surface area (Å²) in [6.45, 7) is 6.39. The van der Waals surface area contributed by atoms with Crippen LogP contribution in [-0.2, 0) is 18.3 Å². The van der Waals surface area contributed by atoms with Crippen molar-refractivity contribution in [2.45, 2.75) is 52.0 Å². The van der Waals surface area contributed by atoms with E-state index in [0.29, 0.717) is 12.3 Å². The molecule has 0 radical (unpaired) electrons. The number of ether oxygens (including phenoxy) is 1. The molecule has 2 heterocycles. The summed E-state index contributed by atoms with van der Waals surface area (Å²) in [5.41, 5.74) is 1.94. The molecule has 1 amide bonds. The van der Waals surface area contributed by atoms with Crippen LogP contribution in [0, 0.1) is 12.8 Å². The average molecular weight is 279 g/mol. The molecule has 1 aliphatic heterocycles. The highest BCUT2D eigenvalue weighted by Gasteiger charge is 2.39. The van der Waals surface area contributed by atoms with Gasteiger partial charge in [0.25, 0.3) is 0 Å². The predicted octanol–water partition coefficient (Wildman–Crippen LogP) is 1.97. The van der Waals surface area contributed by atoms with E-state index in [1.165, 1.54) is 0 Å². The number of hydrogen-bond donors (Lipinski definition) is 1. The standard InChI is InChI=1S/C15H25N3O2/c1-10(2)8-15(7-6-13(19)16-15)9-12-11(3)17-18(4)14(12)20-5/h10H,6-9H2,1-5H3,(H,16,19). The lowest BCUT2D eigenvalue weighted by atomic mass is 9.82. The van der Waals surface area contributed by atoms with Crippen molar-refractivity contribution in [2.75, 3.05) is 7.11 Å². The Morgan fingerprint density at radius 1 is 1.50 bits per heavy atom. The Morgan fingerprint density at radius 3 is 2.70 bits per heavy atom. The molecule has 1 saturated heterocycles. The largest absolute Gasteiger partial charge is 0.481 e. The summed E-state index contributed by atoms with van der Waals surface area (Å²) < 4.78 is 7.24. The van der Waals surface area contributed by atoms with Gasteiger partial charge in [-0.15, -0.1) is 0 Å². The van der Waals surface area contributed by atoms with Gasteiger partial charge in [-0.3, -0.25) is 4.79 Å². The number of amides is 1. The molecule has 112 valence electrons. The number of carbonyl (C=O) groups excluding carboxylic acids is 1. The van der Waals surface area contributed by atoms with E-state index in [1.807, 2.05) is 14.0 Å². The molecule has 1 aromatic heterocycles. The molecule has 1 aromatic rings. The van der Waals surface area contributed by atoms with E-state index in [0.717, 1.165) is 36.4 Å². The Balaban J connectivity index is 2.31. The van der Waals surface area contributed by atoms with E-state index < -0.39 is 0 Å². The number of methoxy groups -OCH3 is 1. The van der Waals surface area contributed by atoms with Gasteiger partial charge in [0.15, 0.2) is 0 Å². The van der Waals surface area contributed by atoms with Crippen molar-refractivity contribution in [1.82, 2.24) is 15.1 Å². The normalized spacial score (nSPS) is 22.4. The maximum Gasteiger partial charge on any atom is 0.220 e. The van der Waals surface area contributed by atoms with Crippen LogP contribution in [0.15, 0.2) is 0 Å². The smallest absolute Gasteiger partial charge is 0.220 e. The zero-order valence-corrected chi connectivity index (χ0v) is 13.1. The number of nitrogens with one attached hydrogen (secondary N) is 1. The van der Waals surface area contributed by atoms with Gasteiger partial charge in [-0.1, -0.05) is 13.8 Å². The summed E-state index contributed by atoms with van der Waals surface area (Å²) in [5, 5.41) is 7.64. The van der Waals surface area contributed by atoms with Gasteiger partial charge in [0, 0.05) is 31.0 Å². The van der Waals surface area contributed by atoms with Crippen LogP contribution in [-0.4, -0.2) is 28.3 Å². The Labute approximate surface area is 120 Å². The zero-order chi connectivity index (χ0) is 14.9. The highest BCUT2D eigenvalue weighted by atomic mass is 16.5. The van der Waals surface area contributed by atoms with Crippen molar-refractivity contribution >= 4 is 5.91 Å². The molecule has 0 aliphatic carbocycles. The lowest BCUT2D eigenvalue weighted by Gasteiger charge is -2.31. The summed E-state index contributed by atoms with van der Waals surface area (Å²) in [6.07, 6.45) is 3.28. The number of hydrogen-bond acceptors (Lipinski definition) is 3. The first-order valence-electron chi connectivity index (χ1n) is 7.24. The maximum atomic E-state index is 11.7. The fraction of sp³-hybridized carbons (Fsp3) is 0.733. The number of aromatic nitrogens is 2. The summed E-state index contributed by atoms with van der Waals surface area (Å²) >= 11 is 0. The third kappa shape index (κ3) is 2.81. The van der Waals surface area contributed by atoms with E-state index in [9.17, 15) is 4.79 Å². The molecule has 1 atom stereocenters. The number of nitrogens with zero attached hydrogens (tertiary/aromatic N) is 2. The van der Waals surface area contributed by atoms with E-state index in [4.69, 9.17) is 4.74 Å². The van der Waals surface area contributed by atoms with Gasteiger partial charge in [-0.25, -0.2) is 4.68 Å². The molecule has 0 aromatic carbocycles. The lowest BCUT2D eigenvalue weighted by Crippen LogP contribution is -2.44. The molecule has 1 unspecified atom stereocenters. The molecule has 5 heteroatoms. The molecule has 20 heavy (non-hydrogen) atoms. The molecular formula is C15H25N3O2. The second-order valence-electron chi connectivity index (χ2n) is 6.30. The van der Waals surface area contributed by atoms with Gasteiger partial charge in [-0.05, 0) is 25.7 Å². The topological polar surface area (TPSA) is 56.1 Å². The van der Waals surface area contributed by atoms with Crippen molar-refractivity contribution in [3.05, 3.63) is 11.3 Å². The first-order chi connectivity index (χ1) is 9.37. The first-order valence-corrected chi connectivity index (χ1v) is 7.24.